The molecule has 0 saturated carbocycles. The number of sulfonamides is 1. The SMILES string of the molecule is COc1ccc(CCNC(=O)CN(Cc2ccc(F)cc2)S(=O)(=O)c2ccc(C)cc2)cc1OC. The van der Waals surface area contributed by atoms with Gasteiger partial charge in [-0.2, -0.15) is 4.31 Å². The van der Waals surface area contributed by atoms with Crippen molar-refractivity contribution in [2.45, 2.75) is 24.8 Å². The van der Waals surface area contributed by atoms with Crippen LogP contribution in [0.15, 0.2) is 71.6 Å². The number of halogens is 1. The number of ether oxygens (including phenoxy) is 2. The van der Waals surface area contributed by atoms with Crippen molar-refractivity contribution in [3.05, 3.63) is 89.2 Å². The molecule has 9 heteroatoms. The molecule has 0 aliphatic heterocycles. The first-order valence-corrected chi connectivity index (χ1v) is 12.5. The molecule has 35 heavy (non-hydrogen) atoms. The number of nitrogens with one attached hydrogen (secondary N) is 1. The number of aryl methyl sites for hydroxylation is 1. The lowest BCUT2D eigenvalue weighted by molar-refractivity contribution is -0.121. The van der Waals surface area contributed by atoms with Crippen molar-refractivity contribution in [3.8, 4) is 11.5 Å². The number of carbonyl (C=O) groups is 1. The fourth-order valence-electron chi connectivity index (χ4n) is 3.48. The maximum absolute atomic E-state index is 13.3. The first-order valence-electron chi connectivity index (χ1n) is 11.0. The summed E-state index contributed by atoms with van der Waals surface area (Å²) >= 11 is 0. The van der Waals surface area contributed by atoms with Crippen LogP contribution in [0.3, 0.4) is 0 Å². The van der Waals surface area contributed by atoms with E-state index in [9.17, 15) is 17.6 Å². The van der Waals surface area contributed by atoms with Gasteiger partial charge < -0.3 is 14.8 Å². The van der Waals surface area contributed by atoms with Crippen molar-refractivity contribution < 1.29 is 27.1 Å². The Morgan fingerprint density at radius 2 is 1.54 bits per heavy atom. The standard InChI is InChI=1S/C26H29FN2O5S/c1-19-4-11-23(12-5-19)35(31,32)29(17-21-6-9-22(27)10-7-21)18-26(30)28-15-14-20-8-13-24(33-2)25(16-20)34-3/h4-13,16H,14-15,17-18H2,1-3H3,(H,28,30). The fourth-order valence-corrected chi connectivity index (χ4v) is 4.86. The summed E-state index contributed by atoms with van der Waals surface area (Å²) < 4.78 is 51.6. The lowest BCUT2D eigenvalue weighted by Crippen LogP contribution is -2.40. The second-order valence-corrected chi connectivity index (χ2v) is 9.94. The zero-order valence-corrected chi connectivity index (χ0v) is 20.8. The average Bonchev–Trinajstić information content (AvgIpc) is 2.85. The number of amides is 1. The van der Waals surface area contributed by atoms with Crippen molar-refractivity contribution in [1.82, 2.24) is 9.62 Å². The molecule has 0 bridgehead atoms. The summed E-state index contributed by atoms with van der Waals surface area (Å²) in [4.78, 5) is 12.8. The van der Waals surface area contributed by atoms with Gasteiger partial charge in [0.25, 0.3) is 0 Å². The predicted octanol–water partition coefficient (Wildman–Crippen LogP) is 3.70. The number of hydrogen-bond acceptors (Lipinski definition) is 5. The van der Waals surface area contributed by atoms with E-state index in [1.165, 1.54) is 36.4 Å². The third-order valence-electron chi connectivity index (χ3n) is 5.43. The van der Waals surface area contributed by atoms with E-state index in [4.69, 9.17) is 9.47 Å². The van der Waals surface area contributed by atoms with Gasteiger partial charge in [-0.1, -0.05) is 35.9 Å². The molecule has 186 valence electrons. The van der Waals surface area contributed by atoms with E-state index < -0.39 is 21.7 Å². The van der Waals surface area contributed by atoms with Crippen molar-refractivity contribution in [2.24, 2.45) is 0 Å². The van der Waals surface area contributed by atoms with Crippen molar-refractivity contribution in [3.63, 3.8) is 0 Å². The van der Waals surface area contributed by atoms with Crippen LogP contribution in [0.4, 0.5) is 4.39 Å². The van der Waals surface area contributed by atoms with Crippen molar-refractivity contribution in [2.75, 3.05) is 27.3 Å². The Balaban J connectivity index is 1.71. The molecule has 3 aromatic rings. The van der Waals surface area contributed by atoms with Gasteiger partial charge in [0.05, 0.1) is 25.7 Å². The highest BCUT2D eigenvalue weighted by atomic mass is 32.2. The molecular formula is C26H29FN2O5S. The summed E-state index contributed by atoms with van der Waals surface area (Å²) in [6.07, 6.45) is 0.523. The number of methoxy groups -OCH3 is 2. The minimum atomic E-state index is -3.97. The van der Waals surface area contributed by atoms with E-state index in [1.807, 2.05) is 19.1 Å². The number of rotatable bonds is 11. The predicted molar refractivity (Wildman–Crippen MR) is 131 cm³/mol. The molecule has 0 unspecified atom stereocenters. The molecule has 0 saturated heterocycles. The van der Waals surface area contributed by atoms with Crippen LogP contribution >= 0.6 is 0 Å². The molecule has 1 N–H and O–H groups in total. The van der Waals surface area contributed by atoms with Gasteiger partial charge in [0.1, 0.15) is 5.82 Å². The van der Waals surface area contributed by atoms with E-state index in [-0.39, 0.29) is 18.0 Å². The fraction of sp³-hybridized carbons (Fsp3) is 0.269. The molecule has 7 nitrogen and oxygen atoms in total. The topological polar surface area (TPSA) is 84.9 Å². The molecule has 0 aliphatic rings. The highest BCUT2D eigenvalue weighted by Gasteiger charge is 2.27. The van der Waals surface area contributed by atoms with E-state index in [0.29, 0.717) is 30.0 Å². The minimum Gasteiger partial charge on any atom is -0.493 e. The van der Waals surface area contributed by atoms with Crippen LogP contribution in [0.2, 0.25) is 0 Å². The normalized spacial score (nSPS) is 11.3. The Kier molecular flexibility index (Phi) is 8.84. The first kappa shape index (κ1) is 26.2. The molecule has 0 atom stereocenters. The Hall–Kier alpha value is -3.43. The Bertz CT molecular complexity index is 1250. The van der Waals surface area contributed by atoms with E-state index in [1.54, 1.807) is 32.4 Å². The molecule has 0 radical (unpaired) electrons. The lowest BCUT2D eigenvalue weighted by atomic mass is 10.1. The lowest BCUT2D eigenvalue weighted by Gasteiger charge is -2.22. The highest BCUT2D eigenvalue weighted by molar-refractivity contribution is 7.89. The maximum atomic E-state index is 13.3. The molecule has 0 aliphatic carbocycles. The summed E-state index contributed by atoms with van der Waals surface area (Å²) in [5.41, 5.74) is 2.42. The molecule has 1 amide bonds. The van der Waals surface area contributed by atoms with E-state index in [0.717, 1.165) is 15.4 Å². The quantitative estimate of drug-likeness (QED) is 0.434. The van der Waals surface area contributed by atoms with Gasteiger partial charge in [0.15, 0.2) is 11.5 Å². The zero-order valence-electron chi connectivity index (χ0n) is 20.0. The number of carbonyl (C=O) groups excluding carboxylic acids is 1. The van der Waals surface area contributed by atoms with E-state index >= 15 is 0 Å². The Morgan fingerprint density at radius 3 is 2.17 bits per heavy atom. The van der Waals surface area contributed by atoms with Crippen LogP contribution in [-0.2, 0) is 27.8 Å². The van der Waals surface area contributed by atoms with Crippen LogP contribution in [-0.4, -0.2) is 45.9 Å². The van der Waals surface area contributed by atoms with Gasteiger partial charge in [-0.05, 0) is 60.9 Å². The van der Waals surface area contributed by atoms with Crippen molar-refractivity contribution in [1.29, 1.82) is 0 Å². The van der Waals surface area contributed by atoms with E-state index in [2.05, 4.69) is 5.32 Å². The Morgan fingerprint density at radius 1 is 0.914 bits per heavy atom. The average molecular weight is 501 g/mol. The highest BCUT2D eigenvalue weighted by Crippen LogP contribution is 2.27. The van der Waals surface area contributed by atoms with Gasteiger partial charge in [-0.15, -0.1) is 0 Å². The summed E-state index contributed by atoms with van der Waals surface area (Å²) in [5.74, 6) is 0.335. The molecule has 3 rings (SSSR count). The third-order valence-corrected chi connectivity index (χ3v) is 7.24. The Labute approximate surface area is 205 Å². The van der Waals surface area contributed by atoms with Crippen LogP contribution in [0.1, 0.15) is 16.7 Å². The third kappa shape index (κ3) is 7.03. The number of nitrogens with zero attached hydrogens (tertiary/aromatic N) is 1. The summed E-state index contributed by atoms with van der Waals surface area (Å²) in [6.45, 7) is 1.72. The molecule has 0 aromatic heterocycles. The summed E-state index contributed by atoms with van der Waals surface area (Å²) in [5, 5.41) is 2.78. The monoisotopic (exact) mass is 500 g/mol. The van der Waals surface area contributed by atoms with Gasteiger partial charge in [0.2, 0.25) is 15.9 Å². The van der Waals surface area contributed by atoms with Gasteiger partial charge in [-0.3, -0.25) is 4.79 Å². The number of benzene rings is 3. The molecule has 0 fully saturated rings. The van der Waals surface area contributed by atoms with Gasteiger partial charge >= 0.3 is 0 Å². The van der Waals surface area contributed by atoms with Crippen molar-refractivity contribution >= 4 is 15.9 Å². The second kappa shape index (κ2) is 11.8. The smallest absolute Gasteiger partial charge is 0.243 e. The molecule has 0 spiro atoms. The molecule has 0 heterocycles. The maximum Gasteiger partial charge on any atom is 0.243 e. The minimum absolute atomic E-state index is 0.0699. The van der Waals surface area contributed by atoms with Crippen LogP contribution in [0, 0.1) is 12.7 Å². The largest absolute Gasteiger partial charge is 0.493 e. The molecular weight excluding hydrogens is 471 g/mol. The molecule has 3 aromatic carbocycles. The zero-order chi connectivity index (χ0) is 25.4. The summed E-state index contributed by atoms with van der Waals surface area (Å²) in [7, 11) is -0.862. The van der Waals surface area contributed by atoms with Crippen LogP contribution < -0.4 is 14.8 Å². The second-order valence-electron chi connectivity index (χ2n) is 8.00. The van der Waals surface area contributed by atoms with Gasteiger partial charge in [-0.25, -0.2) is 12.8 Å². The van der Waals surface area contributed by atoms with Crippen LogP contribution in [0.5, 0.6) is 11.5 Å². The van der Waals surface area contributed by atoms with Gasteiger partial charge in [0, 0.05) is 13.1 Å². The first-order chi connectivity index (χ1) is 16.7. The number of hydrogen-bond donors (Lipinski definition) is 1. The van der Waals surface area contributed by atoms with Crippen LogP contribution in [0.25, 0.3) is 0 Å². The summed E-state index contributed by atoms with van der Waals surface area (Å²) in [6, 6.07) is 17.4.